The van der Waals surface area contributed by atoms with Gasteiger partial charge in [-0.1, -0.05) is 34.8 Å². The Labute approximate surface area is 119 Å². The fourth-order valence-corrected chi connectivity index (χ4v) is 2.25. The first kappa shape index (κ1) is 13.4. The molecule has 6 heteroatoms. The van der Waals surface area contributed by atoms with Gasteiger partial charge in [-0.25, -0.2) is 4.90 Å². The van der Waals surface area contributed by atoms with Crippen molar-refractivity contribution in [3.8, 4) is 0 Å². The number of benzene rings is 1. The second kappa shape index (κ2) is 4.57. The normalized spacial score (nSPS) is 15.9. The van der Waals surface area contributed by atoms with Crippen molar-refractivity contribution in [3.63, 3.8) is 0 Å². The van der Waals surface area contributed by atoms with Crippen molar-refractivity contribution in [1.82, 2.24) is 0 Å². The zero-order valence-corrected chi connectivity index (χ0v) is 11.8. The third-order valence-electron chi connectivity index (χ3n) is 2.91. The van der Waals surface area contributed by atoms with Crippen LogP contribution in [-0.4, -0.2) is 11.8 Å². The minimum absolute atomic E-state index is 0.256. The molecule has 0 bridgehead atoms. The van der Waals surface area contributed by atoms with E-state index in [0.717, 1.165) is 16.0 Å². The minimum Gasteiger partial charge on any atom is -0.267 e. The van der Waals surface area contributed by atoms with E-state index in [1.807, 2.05) is 6.92 Å². The van der Waals surface area contributed by atoms with Crippen LogP contribution in [0.5, 0.6) is 0 Å². The number of amides is 2. The number of rotatable bonds is 1. The molecule has 1 aromatic carbocycles. The number of hydrogen-bond donors (Lipinski definition) is 0. The summed E-state index contributed by atoms with van der Waals surface area (Å²) >= 11 is 17.3. The van der Waals surface area contributed by atoms with Gasteiger partial charge in [-0.15, -0.1) is 0 Å². The smallest absolute Gasteiger partial charge is 0.267 e. The molecular formula is C12H8Cl3NO2. The van der Waals surface area contributed by atoms with E-state index < -0.39 is 11.8 Å². The summed E-state index contributed by atoms with van der Waals surface area (Å²) in [5.41, 5.74) is 1.98. The van der Waals surface area contributed by atoms with Crippen molar-refractivity contribution in [3.05, 3.63) is 38.3 Å². The van der Waals surface area contributed by atoms with Gasteiger partial charge >= 0.3 is 0 Å². The second-order valence-electron chi connectivity index (χ2n) is 3.89. The van der Waals surface area contributed by atoms with E-state index in [9.17, 15) is 9.59 Å². The average molecular weight is 305 g/mol. The maximum atomic E-state index is 11.9. The molecule has 0 fully saturated rings. The lowest BCUT2D eigenvalue weighted by molar-refractivity contribution is -0.120. The summed E-state index contributed by atoms with van der Waals surface area (Å²) in [4.78, 5) is 24.7. The molecule has 0 atom stereocenters. The topological polar surface area (TPSA) is 37.4 Å². The lowest BCUT2D eigenvalue weighted by Gasteiger charge is -2.18. The lowest BCUT2D eigenvalue weighted by Crippen LogP contribution is -2.31. The van der Waals surface area contributed by atoms with Crippen LogP contribution in [0, 0.1) is 13.8 Å². The molecule has 0 radical (unpaired) electrons. The van der Waals surface area contributed by atoms with Gasteiger partial charge in [0.2, 0.25) is 0 Å². The van der Waals surface area contributed by atoms with Crippen LogP contribution in [0.15, 0.2) is 22.2 Å². The Morgan fingerprint density at radius 1 is 0.889 bits per heavy atom. The Hall–Kier alpha value is -1.03. The van der Waals surface area contributed by atoms with Crippen LogP contribution in [-0.2, 0) is 9.59 Å². The quantitative estimate of drug-likeness (QED) is 0.744. The van der Waals surface area contributed by atoms with E-state index in [2.05, 4.69) is 0 Å². The molecule has 0 N–H and O–H groups in total. The molecule has 94 valence electrons. The number of anilines is 1. The zero-order valence-electron chi connectivity index (χ0n) is 9.55. The molecule has 0 unspecified atom stereocenters. The number of imide groups is 1. The molecule has 0 saturated carbocycles. The van der Waals surface area contributed by atoms with E-state index in [0.29, 0.717) is 10.7 Å². The van der Waals surface area contributed by atoms with Crippen molar-refractivity contribution in [2.45, 2.75) is 13.8 Å². The van der Waals surface area contributed by atoms with Gasteiger partial charge in [0.25, 0.3) is 11.8 Å². The highest BCUT2D eigenvalue weighted by Crippen LogP contribution is 2.35. The Balaban J connectivity index is 2.57. The third kappa shape index (κ3) is 1.83. The van der Waals surface area contributed by atoms with E-state index in [4.69, 9.17) is 34.8 Å². The fourth-order valence-electron chi connectivity index (χ4n) is 1.71. The molecule has 1 aliphatic rings. The largest absolute Gasteiger partial charge is 0.278 e. The van der Waals surface area contributed by atoms with Crippen molar-refractivity contribution >= 4 is 52.3 Å². The Bertz CT molecular complexity index is 584. The lowest BCUT2D eigenvalue weighted by atomic mass is 10.1. The van der Waals surface area contributed by atoms with Crippen LogP contribution < -0.4 is 4.90 Å². The Morgan fingerprint density at radius 3 is 1.89 bits per heavy atom. The molecule has 1 heterocycles. The standard InChI is InChI=1S/C12H8Cl3NO2/c1-5-6(2)8(4-3-7(5)13)16-11(17)9(14)10(15)12(16)18/h3-4H,1-2H3. The second-order valence-corrected chi connectivity index (χ2v) is 5.05. The molecule has 2 amide bonds. The monoisotopic (exact) mass is 303 g/mol. The molecule has 1 aromatic rings. The van der Waals surface area contributed by atoms with Crippen LogP contribution in [0.4, 0.5) is 5.69 Å². The van der Waals surface area contributed by atoms with Crippen molar-refractivity contribution in [2.75, 3.05) is 4.90 Å². The minimum atomic E-state index is -0.614. The summed E-state index contributed by atoms with van der Waals surface area (Å²) in [7, 11) is 0. The highest BCUT2D eigenvalue weighted by molar-refractivity contribution is 6.62. The Kier molecular flexibility index (Phi) is 3.41. The number of carbonyl (C=O) groups is 2. The molecule has 18 heavy (non-hydrogen) atoms. The van der Waals surface area contributed by atoms with Gasteiger partial charge in [0.1, 0.15) is 10.1 Å². The van der Waals surface area contributed by atoms with Crippen LogP contribution in [0.2, 0.25) is 5.02 Å². The predicted molar refractivity (Wildman–Crippen MR) is 72.2 cm³/mol. The summed E-state index contributed by atoms with van der Waals surface area (Å²) in [6.45, 7) is 3.58. The van der Waals surface area contributed by atoms with E-state index >= 15 is 0 Å². The fraction of sp³-hybridized carbons (Fsp3) is 0.167. The molecule has 0 aliphatic carbocycles. The number of halogens is 3. The third-order valence-corrected chi connectivity index (χ3v) is 4.12. The first-order chi connectivity index (χ1) is 8.36. The maximum Gasteiger partial charge on any atom is 0.278 e. The van der Waals surface area contributed by atoms with E-state index in [1.165, 1.54) is 0 Å². The summed E-state index contributed by atoms with van der Waals surface area (Å²) in [6, 6.07) is 3.22. The maximum absolute atomic E-state index is 11.9. The van der Waals surface area contributed by atoms with Crippen molar-refractivity contribution < 1.29 is 9.59 Å². The molecule has 3 nitrogen and oxygen atoms in total. The van der Waals surface area contributed by atoms with Gasteiger partial charge in [-0.05, 0) is 37.1 Å². The molecule has 2 rings (SSSR count). The SMILES string of the molecule is Cc1c(Cl)ccc(N2C(=O)C(Cl)=C(Cl)C2=O)c1C. The van der Waals surface area contributed by atoms with Gasteiger partial charge < -0.3 is 0 Å². The highest BCUT2D eigenvalue weighted by atomic mass is 35.5. The first-order valence-corrected chi connectivity index (χ1v) is 6.19. The summed E-state index contributed by atoms with van der Waals surface area (Å²) in [6.07, 6.45) is 0. The summed E-state index contributed by atoms with van der Waals surface area (Å²) < 4.78 is 0. The predicted octanol–water partition coefficient (Wildman–Crippen LogP) is 3.52. The Morgan fingerprint density at radius 2 is 1.39 bits per heavy atom. The van der Waals surface area contributed by atoms with Crippen molar-refractivity contribution in [1.29, 1.82) is 0 Å². The van der Waals surface area contributed by atoms with Gasteiger partial charge in [0, 0.05) is 5.02 Å². The van der Waals surface area contributed by atoms with Gasteiger partial charge in [0.05, 0.1) is 5.69 Å². The van der Waals surface area contributed by atoms with Gasteiger partial charge in [-0.2, -0.15) is 0 Å². The highest BCUT2D eigenvalue weighted by Gasteiger charge is 2.38. The number of carbonyl (C=O) groups excluding carboxylic acids is 2. The summed E-state index contributed by atoms with van der Waals surface area (Å²) in [5, 5.41) is 0.0582. The number of hydrogen-bond acceptors (Lipinski definition) is 2. The number of nitrogens with zero attached hydrogens (tertiary/aromatic N) is 1. The van der Waals surface area contributed by atoms with E-state index in [1.54, 1.807) is 19.1 Å². The van der Waals surface area contributed by atoms with Gasteiger partial charge in [0.15, 0.2) is 0 Å². The van der Waals surface area contributed by atoms with Crippen LogP contribution in [0.3, 0.4) is 0 Å². The average Bonchev–Trinajstić information content (AvgIpc) is 2.53. The van der Waals surface area contributed by atoms with E-state index in [-0.39, 0.29) is 10.1 Å². The molecule has 0 spiro atoms. The van der Waals surface area contributed by atoms with Gasteiger partial charge in [-0.3, -0.25) is 9.59 Å². The molecular weight excluding hydrogens is 296 g/mol. The molecule has 1 aliphatic heterocycles. The molecule has 0 aromatic heterocycles. The van der Waals surface area contributed by atoms with Crippen LogP contribution in [0.1, 0.15) is 11.1 Å². The first-order valence-electron chi connectivity index (χ1n) is 5.06. The zero-order chi connectivity index (χ0) is 13.6. The summed E-state index contributed by atoms with van der Waals surface area (Å²) in [5.74, 6) is -1.23. The molecule has 0 saturated heterocycles. The van der Waals surface area contributed by atoms with Crippen LogP contribution in [0.25, 0.3) is 0 Å². The van der Waals surface area contributed by atoms with Crippen LogP contribution >= 0.6 is 34.8 Å². The van der Waals surface area contributed by atoms with Crippen molar-refractivity contribution in [2.24, 2.45) is 0 Å².